The second-order valence-electron chi connectivity index (χ2n) is 6.21. The first-order valence-corrected chi connectivity index (χ1v) is 7.85. The molecule has 0 fully saturated rings. The molecule has 112 valence electrons. The minimum absolute atomic E-state index is 0.0838. The summed E-state index contributed by atoms with van der Waals surface area (Å²) in [7, 11) is 0. The van der Waals surface area contributed by atoms with Crippen LogP contribution in [0.25, 0.3) is 0 Å². The maximum absolute atomic E-state index is 5.98. The Bertz CT molecular complexity index is 475. The van der Waals surface area contributed by atoms with E-state index in [2.05, 4.69) is 74.6 Å². The molecule has 0 spiro atoms. The van der Waals surface area contributed by atoms with Gasteiger partial charge in [0.05, 0.1) is 0 Å². The lowest BCUT2D eigenvalue weighted by Gasteiger charge is -2.22. The van der Waals surface area contributed by atoms with Crippen molar-refractivity contribution in [1.29, 1.82) is 0 Å². The number of aryl methyl sites for hydroxylation is 1. The van der Waals surface area contributed by atoms with E-state index in [1.54, 1.807) is 0 Å². The quantitative estimate of drug-likeness (QED) is 0.737. The van der Waals surface area contributed by atoms with Crippen molar-refractivity contribution >= 4 is 15.9 Å². The molecule has 0 aliphatic rings. The molecule has 20 heavy (non-hydrogen) atoms. The van der Waals surface area contributed by atoms with Gasteiger partial charge in [0.25, 0.3) is 0 Å². The van der Waals surface area contributed by atoms with Crippen LogP contribution in [0.4, 0.5) is 0 Å². The fourth-order valence-corrected chi connectivity index (χ4v) is 2.39. The van der Waals surface area contributed by atoms with Crippen LogP contribution in [0.3, 0.4) is 0 Å². The van der Waals surface area contributed by atoms with Crippen LogP contribution < -0.4 is 10.1 Å². The Labute approximate surface area is 131 Å². The summed E-state index contributed by atoms with van der Waals surface area (Å²) in [5.41, 5.74) is 3.52. The van der Waals surface area contributed by atoms with Gasteiger partial charge in [-0.15, -0.1) is 0 Å². The minimum atomic E-state index is 0.0838. The summed E-state index contributed by atoms with van der Waals surface area (Å²) in [6.07, 6.45) is 0.950. The summed E-state index contributed by atoms with van der Waals surface area (Å²) in [5.74, 6) is 0.972. The van der Waals surface area contributed by atoms with Crippen molar-refractivity contribution in [2.45, 2.75) is 53.1 Å². The Morgan fingerprint density at radius 2 is 2.00 bits per heavy atom. The van der Waals surface area contributed by atoms with Gasteiger partial charge in [-0.2, -0.15) is 0 Å². The maximum atomic E-state index is 5.98. The van der Waals surface area contributed by atoms with Crippen LogP contribution >= 0.6 is 15.9 Å². The van der Waals surface area contributed by atoms with E-state index in [1.807, 2.05) is 0 Å². The van der Waals surface area contributed by atoms with E-state index in [0.29, 0.717) is 6.61 Å². The van der Waals surface area contributed by atoms with Crippen LogP contribution in [0, 0.1) is 6.92 Å². The van der Waals surface area contributed by atoms with Crippen molar-refractivity contribution in [2.75, 3.05) is 6.61 Å². The first kappa shape index (κ1) is 17.3. The Morgan fingerprint density at radius 3 is 2.55 bits per heavy atom. The van der Waals surface area contributed by atoms with Crippen LogP contribution in [0.1, 0.15) is 45.2 Å². The molecule has 0 unspecified atom stereocenters. The van der Waals surface area contributed by atoms with Gasteiger partial charge in [-0.1, -0.05) is 29.4 Å². The highest BCUT2D eigenvalue weighted by molar-refractivity contribution is 9.10. The van der Waals surface area contributed by atoms with Crippen molar-refractivity contribution in [3.05, 3.63) is 39.9 Å². The van der Waals surface area contributed by atoms with Gasteiger partial charge in [-0.25, -0.2) is 0 Å². The van der Waals surface area contributed by atoms with Gasteiger partial charge in [0, 0.05) is 22.1 Å². The van der Waals surface area contributed by atoms with E-state index < -0.39 is 0 Å². The van der Waals surface area contributed by atoms with Crippen molar-refractivity contribution in [3.63, 3.8) is 0 Å². The number of hydrogen-bond acceptors (Lipinski definition) is 2. The third kappa shape index (κ3) is 5.68. The molecule has 3 heteroatoms. The van der Waals surface area contributed by atoms with Gasteiger partial charge in [0.15, 0.2) is 0 Å². The van der Waals surface area contributed by atoms with Crippen molar-refractivity contribution in [3.8, 4) is 5.75 Å². The minimum Gasteiger partial charge on any atom is -0.489 e. The predicted octanol–water partition coefficient (Wildman–Crippen LogP) is 4.99. The Hall–Kier alpha value is -0.800. The van der Waals surface area contributed by atoms with Crippen molar-refractivity contribution in [1.82, 2.24) is 5.32 Å². The number of rotatable bonds is 6. The summed E-state index contributed by atoms with van der Waals surface area (Å²) >= 11 is 3.56. The van der Waals surface area contributed by atoms with Gasteiger partial charge in [-0.3, -0.25) is 0 Å². The van der Waals surface area contributed by atoms with Gasteiger partial charge < -0.3 is 10.1 Å². The van der Waals surface area contributed by atoms with E-state index in [9.17, 15) is 0 Å². The maximum Gasteiger partial charge on any atom is 0.127 e. The molecule has 1 aromatic carbocycles. The zero-order valence-corrected chi connectivity index (χ0v) is 14.9. The predicted molar refractivity (Wildman–Crippen MR) is 90.4 cm³/mol. The van der Waals surface area contributed by atoms with Gasteiger partial charge in [-0.05, 0) is 57.4 Å². The molecule has 1 N–H and O–H groups in total. The van der Waals surface area contributed by atoms with Crippen LogP contribution in [0.15, 0.2) is 28.8 Å². The van der Waals surface area contributed by atoms with E-state index in [4.69, 9.17) is 4.74 Å². The summed E-state index contributed by atoms with van der Waals surface area (Å²) < 4.78 is 7.07. The van der Waals surface area contributed by atoms with Crippen LogP contribution in [-0.2, 0) is 6.54 Å². The topological polar surface area (TPSA) is 21.3 Å². The lowest BCUT2D eigenvalue weighted by Crippen LogP contribution is -2.35. The second kappa shape index (κ2) is 7.28. The van der Waals surface area contributed by atoms with Crippen LogP contribution in [-0.4, -0.2) is 12.1 Å². The molecule has 0 radical (unpaired) electrons. The van der Waals surface area contributed by atoms with E-state index >= 15 is 0 Å². The Kier molecular flexibility index (Phi) is 6.28. The number of hydrogen-bond donors (Lipinski definition) is 1. The monoisotopic (exact) mass is 339 g/mol. The average molecular weight is 340 g/mol. The Balaban J connectivity index is 2.92. The van der Waals surface area contributed by atoms with Gasteiger partial charge >= 0.3 is 0 Å². The molecular formula is C17H26BrNO. The van der Waals surface area contributed by atoms with Crippen molar-refractivity contribution in [2.24, 2.45) is 0 Å². The molecule has 1 aromatic rings. The summed E-state index contributed by atoms with van der Waals surface area (Å²) in [6.45, 7) is 16.0. The number of nitrogens with one attached hydrogen (secondary N) is 1. The zero-order chi connectivity index (χ0) is 15.3. The molecule has 0 saturated heterocycles. The average Bonchev–Trinajstić information content (AvgIpc) is 2.33. The largest absolute Gasteiger partial charge is 0.489 e. The first-order chi connectivity index (χ1) is 9.23. The molecule has 0 aliphatic heterocycles. The third-order valence-corrected chi connectivity index (χ3v) is 3.50. The molecule has 0 bridgehead atoms. The van der Waals surface area contributed by atoms with Crippen molar-refractivity contribution < 1.29 is 4.74 Å². The fourth-order valence-electron chi connectivity index (χ4n) is 1.77. The molecule has 0 atom stereocenters. The lowest BCUT2D eigenvalue weighted by molar-refractivity contribution is 0.338. The lowest BCUT2D eigenvalue weighted by atomic mass is 10.1. The standard InChI is InChI=1S/C17H26BrNO/c1-7-12(2)11-20-16-13(3)8-15(18)9-14(16)10-19-17(4,5)6/h8-9,19H,2,7,10-11H2,1,3-6H3. The Morgan fingerprint density at radius 1 is 1.35 bits per heavy atom. The van der Waals surface area contributed by atoms with Gasteiger partial charge in [0.1, 0.15) is 12.4 Å². The van der Waals surface area contributed by atoms with E-state index in [-0.39, 0.29) is 5.54 Å². The molecule has 0 amide bonds. The molecular weight excluding hydrogens is 314 g/mol. The molecule has 0 aromatic heterocycles. The third-order valence-electron chi connectivity index (χ3n) is 3.05. The number of ether oxygens (including phenoxy) is 1. The summed E-state index contributed by atoms with van der Waals surface area (Å²) in [4.78, 5) is 0. The highest BCUT2D eigenvalue weighted by Gasteiger charge is 2.13. The summed E-state index contributed by atoms with van der Waals surface area (Å²) in [6, 6.07) is 4.21. The molecule has 0 aliphatic carbocycles. The smallest absolute Gasteiger partial charge is 0.127 e. The molecule has 0 saturated carbocycles. The molecule has 0 heterocycles. The SMILES string of the molecule is C=C(CC)COc1c(C)cc(Br)cc1CNC(C)(C)C. The first-order valence-electron chi connectivity index (χ1n) is 7.06. The molecule has 2 nitrogen and oxygen atoms in total. The highest BCUT2D eigenvalue weighted by atomic mass is 79.9. The van der Waals surface area contributed by atoms with E-state index in [0.717, 1.165) is 34.3 Å². The van der Waals surface area contributed by atoms with Crippen LogP contribution in [0.2, 0.25) is 0 Å². The highest BCUT2D eigenvalue weighted by Crippen LogP contribution is 2.29. The van der Waals surface area contributed by atoms with Gasteiger partial charge in [0.2, 0.25) is 0 Å². The summed E-state index contributed by atoms with van der Waals surface area (Å²) in [5, 5.41) is 3.51. The normalized spacial score (nSPS) is 11.5. The molecule has 1 rings (SSSR count). The van der Waals surface area contributed by atoms with E-state index in [1.165, 1.54) is 5.56 Å². The second-order valence-corrected chi connectivity index (χ2v) is 7.12. The van der Waals surface area contributed by atoms with Crippen LogP contribution in [0.5, 0.6) is 5.75 Å². The zero-order valence-electron chi connectivity index (χ0n) is 13.3. The number of benzene rings is 1. The fraction of sp³-hybridized carbons (Fsp3) is 0.529. The number of halogens is 1.